The van der Waals surface area contributed by atoms with Crippen molar-refractivity contribution in [3.05, 3.63) is 64.0 Å². The van der Waals surface area contributed by atoms with Gasteiger partial charge < -0.3 is 10.2 Å². The van der Waals surface area contributed by atoms with Crippen LogP contribution in [0.15, 0.2) is 47.2 Å². The third-order valence-corrected chi connectivity index (χ3v) is 7.38. The topological polar surface area (TPSA) is 62.3 Å². The van der Waals surface area contributed by atoms with Crippen LogP contribution in [0.4, 0.5) is 0 Å². The molecule has 2 aromatic heterocycles. The highest BCUT2D eigenvalue weighted by Crippen LogP contribution is 2.28. The van der Waals surface area contributed by atoms with E-state index in [-0.39, 0.29) is 11.8 Å². The summed E-state index contributed by atoms with van der Waals surface area (Å²) in [4.78, 5) is 33.0. The number of aryl methyl sites for hydroxylation is 1. The lowest BCUT2D eigenvalue weighted by molar-refractivity contribution is -0.124. The van der Waals surface area contributed by atoms with Crippen LogP contribution in [0.2, 0.25) is 0 Å². The molecule has 0 aliphatic carbocycles. The van der Waals surface area contributed by atoms with Crippen LogP contribution in [-0.4, -0.2) is 39.4 Å². The van der Waals surface area contributed by atoms with E-state index in [0.717, 1.165) is 21.1 Å². The Morgan fingerprint density at radius 1 is 1.25 bits per heavy atom. The minimum absolute atomic E-state index is 0.0949. The molecule has 3 heterocycles. The van der Waals surface area contributed by atoms with Gasteiger partial charge in [-0.2, -0.15) is 0 Å². The van der Waals surface area contributed by atoms with Gasteiger partial charge in [-0.25, -0.2) is 4.98 Å². The lowest BCUT2D eigenvalue weighted by Gasteiger charge is -2.23. The van der Waals surface area contributed by atoms with Crippen molar-refractivity contribution in [3.63, 3.8) is 0 Å². The molecule has 1 N–H and O–H groups in total. The van der Waals surface area contributed by atoms with Crippen LogP contribution in [0, 0.1) is 6.92 Å². The van der Waals surface area contributed by atoms with Crippen molar-refractivity contribution >= 4 is 46.2 Å². The molecule has 0 spiro atoms. The van der Waals surface area contributed by atoms with Gasteiger partial charge in [0.05, 0.1) is 23.0 Å². The largest absolute Gasteiger partial charge is 0.349 e. The number of aromatic nitrogens is 1. The molecule has 5 nitrogen and oxygen atoms in total. The first-order valence-corrected chi connectivity index (χ1v) is 11.7. The Bertz CT molecular complexity index is 984. The maximum Gasteiger partial charge on any atom is 0.255 e. The second kappa shape index (κ2) is 8.46. The van der Waals surface area contributed by atoms with Gasteiger partial charge in [0.2, 0.25) is 5.91 Å². The molecule has 0 bridgehead atoms. The molecule has 1 aromatic carbocycles. The Labute approximate surface area is 175 Å². The van der Waals surface area contributed by atoms with Crippen LogP contribution in [0.5, 0.6) is 0 Å². The summed E-state index contributed by atoms with van der Waals surface area (Å²) in [5.41, 5.74) is 2.49. The standard InChI is InChI=1S/C20H19N3O2S3/c1-13-4-2-5-14(8-13)20(25)23-12-26-11-16(23)18(24)21-9-15-10-28-19(22-15)17-6-3-7-27-17/h2-8,10,16H,9,11-12H2,1H3,(H,21,24)/t16-/m1/s1. The summed E-state index contributed by atoms with van der Waals surface area (Å²) in [6.07, 6.45) is 0. The number of thiazole rings is 1. The Morgan fingerprint density at radius 3 is 2.93 bits per heavy atom. The summed E-state index contributed by atoms with van der Waals surface area (Å²) < 4.78 is 0. The molecule has 1 atom stereocenters. The summed E-state index contributed by atoms with van der Waals surface area (Å²) in [7, 11) is 0. The van der Waals surface area contributed by atoms with Crippen LogP contribution in [-0.2, 0) is 11.3 Å². The maximum absolute atomic E-state index is 12.8. The summed E-state index contributed by atoms with van der Waals surface area (Å²) in [6.45, 7) is 2.33. The molecule has 3 aromatic rings. The van der Waals surface area contributed by atoms with Gasteiger partial charge >= 0.3 is 0 Å². The molecule has 0 saturated carbocycles. The number of rotatable bonds is 5. The highest BCUT2D eigenvalue weighted by Gasteiger charge is 2.35. The Morgan fingerprint density at radius 2 is 2.14 bits per heavy atom. The fraction of sp³-hybridized carbons (Fsp3) is 0.250. The van der Waals surface area contributed by atoms with Crippen molar-refractivity contribution in [2.24, 2.45) is 0 Å². The van der Waals surface area contributed by atoms with Gasteiger partial charge in [0.15, 0.2) is 0 Å². The number of carbonyl (C=O) groups is 2. The monoisotopic (exact) mass is 429 g/mol. The number of nitrogens with zero attached hydrogens (tertiary/aromatic N) is 2. The number of thiophene rings is 1. The van der Waals surface area contributed by atoms with E-state index in [2.05, 4.69) is 10.3 Å². The van der Waals surface area contributed by atoms with Crippen molar-refractivity contribution in [1.82, 2.24) is 15.2 Å². The quantitative estimate of drug-likeness (QED) is 0.666. The highest BCUT2D eigenvalue weighted by atomic mass is 32.2. The van der Waals surface area contributed by atoms with Gasteiger partial charge in [0, 0.05) is 16.7 Å². The summed E-state index contributed by atoms with van der Waals surface area (Å²) in [5, 5.41) is 7.90. The van der Waals surface area contributed by atoms with Crippen molar-refractivity contribution in [2.75, 3.05) is 11.6 Å². The van der Waals surface area contributed by atoms with Gasteiger partial charge in [-0.05, 0) is 30.5 Å². The van der Waals surface area contributed by atoms with E-state index >= 15 is 0 Å². The third kappa shape index (κ3) is 4.14. The first-order chi connectivity index (χ1) is 13.6. The van der Waals surface area contributed by atoms with Gasteiger partial charge in [-0.15, -0.1) is 34.4 Å². The molecule has 0 radical (unpaired) electrons. The van der Waals surface area contributed by atoms with E-state index in [1.807, 2.05) is 48.0 Å². The Hall–Kier alpha value is -2.16. The maximum atomic E-state index is 12.8. The van der Waals surface area contributed by atoms with Crippen molar-refractivity contribution in [3.8, 4) is 9.88 Å². The van der Waals surface area contributed by atoms with Crippen LogP contribution in [0.25, 0.3) is 9.88 Å². The molecular formula is C20H19N3O2S3. The van der Waals surface area contributed by atoms with E-state index in [9.17, 15) is 9.59 Å². The number of hydrogen-bond acceptors (Lipinski definition) is 6. The Balaban J connectivity index is 1.39. The van der Waals surface area contributed by atoms with Gasteiger partial charge in [0.1, 0.15) is 11.0 Å². The molecule has 28 heavy (non-hydrogen) atoms. The summed E-state index contributed by atoms with van der Waals surface area (Å²) in [6, 6.07) is 11.1. The molecule has 4 rings (SSSR count). The third-order valence-electron chi connectivity index (χ3n) is 4.44. The predicted molar refractivity (Wildman–Crippen MR) is 116 cm³/mol. The lowest BCUT2D eigenvalue weighted by Crippen LogP contribution is -2.47. The van der Waals surface area contributed by atoms with E-state index in [1.54, 1.807) is 45.4 Å². The summed E-state index contributed by atoms with van der Waals surface area (Å²) >= 11 is 4.83. The smallest absolute Gasteiger partial charge is 0.255 e. The van der Waals surface area contributed by atoms with Crippen LogP contribution < -0.4 is 5.32 Å². The number of hydrogen-bond donors (Lipinski definition) is 1. The zero-order chi connectivity index (χ0) is 19.5. The molecule has 144 valence electrons. The predicted octanol–water partition coefficient (Wildman–Crippen LogP) is 4.01. The molecule has 2 amide bonds. The fourth-order valence-electron chi connectivity index (χ4n) is 3.00. The SMILES string of the molecule is Cc1cccc(C(=O)N2CSC[C@@H]2C(=O)NCc2csc(-c3cccs3)n2)c1. The average Bonchev–Trinajstić information content (AvgIpc) is 3.46. The van der Waals surface area contributed by atoms with Gasteiger partial charge in [0.25, 0.3) is 5.91 Å². The number of carbonyl (C=O) groups excluding carboxylic acids is 2. The molecule has 8 heteroatoms. The summed E-state index contributed by atoms with van der Waals surface area (Å²) in [5.74, 6) is 0.921. The van der Waals surface area contributed by atoms with E-state index in [1.165, 1.54) is 0 Å². The number of benzene rings is 1. The van der Waals surface area contributed by atoms with Crippen LogP contribution in [0.3, 0.4) is 0 Å². The number of amides is 2. The lowest BCUT2D eigenvalue weighted by atomic mass is 10.1. The van der Waals surface area contributed by atoms with Gasteiger partial charge in [-0.3, -0.25) is 9.59 Å². The Kier molecular flexibility index (Phi) is 5.79. The van der Waals surface area contributed by atoms with E-state index < -0.39 is 6.04 Å². The van der Waals surface area contributed by atoms with Crippen LogP contribution >= 0.6 is 34.4 Å². The minimum atomic E-state index is -0.451. The van der Waals surface area contributed by atoms with Crippen molar-refractivity contribution < 1.29 is 9.59 Å². The normalized spacial score (nSPS) is 16.3. The zero-order valence-electron chi connectivity index (χ0n) is 15.3. The zero-order valence-corrected chi connectivity index (χ0v) is 17.7. The first kappa shape index (κ1) is 19.2. The molecule has 1 fully saturated rings. The molecule has 0 unspecified atom stereocenters. The molecular weight excluding hydrogens is 410 g/mol. The van der Waals surface area contributed by atoms with Crippen molar-refractivity contribution in [1.29, 1.82) is 0 Å². The molecule has 1 aliphatic rings. The van der Waals surface area contributed by atoms with Crippen molar-refractivity contribution in [2.45, 2.75) is 19.5 Å². The fourth-order valence-corrected chi connectivity index (χ4v) is 5.79. The molecule has 1 saturated heterocycles. The highest BCUT2D eigenvalue weighted by molar-refractivity contribution is 7.99. The van der Waals surface area contributed by atoms with Crippen LogP contribution in [0.1, 0.15) is 21.6 Å². The molecule has 1 aliphatic heterocycles. The number of thioether (sulfide) groups is 1. The van der Waals surface area contributed by atoms with E-state index in [4.69, 9.17) is 0 Å². The van der Waals surface area contributed by atoms with E-state index in [0.29, 0.717) is 23.7 Å². The first-order valence-electron chi connectivity index (χ1n) is 8.83. The second-order valence-corrected chi connectivity index (χ2v) is 9.30. The average molecular weight is 430 g/mol. The van der Waals surface area contributed by atoms with Gasteiger partial charge in [-0.1, -0.05) is 23.8 Å². The minimum Gasteiger partial charge on any atom is -0.349 e. The second-order valence-electron chi connectivity index (χ2n) is 6.50. The number of nitrogens with one attached hydrogen (secondary N) is 1.